The molecular formula is C16H13NOS. The molecule has 0 aliphatic heterocycles. The van der Waals surface area contributed by atoms with Crippen molar-refractivity contribution in [2.45, 2.75) is 6.92 Å². The summed E-state index contributed by atoms with van der Waals surface area (Å²) in [7, 11) is 0. The minimum absolute atomic E-state index is 0.620. The molecule has 0 aliphatic rings. The van der Waals surface area contributed by atoms with E-state index in [1.54, 1.807) is 11.3 Å². The molecule has 0 spiro atoms. The highest BCUT2D eigenvalue weighted by Gasteiger charge is 2.06. The molecule has 0 N–H and O–H groups in total. The quantitative estimate of drug-likeness (QED) is 0.672. The second-order valence-electron chi connectivity index (χ2n) is 4.17. The van der Waals surface area contributed by atoms with Gasteiger partial charge in [-0.3, -0.25) is 0 Å². The largest absolute Gasteiger partial charge is 0.439 e. The van der Waals surface area contributed by atoms with Crippen LogP contribution >= 0.6 is 11.3 Å². The highest BCUT2D eigenvalue weighted by molar-refractivity contribution is 7.10. The summed E-state index contributed by atoms with van der Waals surface area (Å²) < 4.78 is 5.75. The summed E-state index contributed by atoms with van der Waals surface area (Å²) in [5, 5.41) is 2.08. The van der Waals surface area contributed by atoms with Gasteiger partial charge in [-0.05, 0) is 36.6 Å². The topological polar surface area (TPSA) is 22.1 Å². The van der Waals surface area contributed by atoms with Crippen LogP contribution in [-0.4, -0.2) is 4.98 Å². The van der Waals surface area contributed by atoms with Gasteiger partial charge in [-0.1, -0.05) is 24.3 Å². The highest BCUT2D eigenvalue weighted by atomic mass is 32.1. The van der Waals surface area contributed by atoms with Crippen LogP contribution in [0.5, 0.6) is 11.6 Å². The zero-order chi connectivity index (χ0) is 13.1. The molecule has 2 heterocycles. The van der Waals surface area contributed by atoms with Crippen LogP contribution in [0.4, 0.5) is 0 Å². The standard InChI is InChI=1S/C16H13NOS/c1-12-14(10-11-19-12)15-8-5-9-16(17-15)18-13-6-3-2-4-7-13/h2-11H,1H3. The number of para-hydroxylation sites is 1. The van der Waals surface area contributed by atoms with Crippen molar-refractivity contribution < 1.29 is 4.74 Å². The Kier molecular flexibility index (Phi) is 3.29. The zero-order valence-electron chi connectivity index (χ0n) is 10.5. The predicted octanol–water partition coefficient (Wildman–Crippen LogP) is 4.91. The molecule has 3 rings (SSSR count). The van der Waals surface area contributed by atoms with E-state index in [9.17, 15) is 0 Å². The summed E-state index contributed by atoms with van der Waals surface area (Å²) in [6, 6.07) is 17.6. The number of thiophene rings is 1. The monoisotopic (exact) mass is 267 g/mol. The third-order valence-electron chi connectivity index (χ3n) is 2.82. The van der Waals surface area contributed by atoms with Crippen molar-refractivity contribution in [1.29, 1.82) is 0 Å². The van der Waals surface area contributed by atoms with Crippen LogP contribution in [0.2, 0.25) is 0 Å². The molecule has 1 aromatic carbocycles. The average Bonchev–Trinajstić information content (AvgIpc) is 2.86. The lowest BCUT2D eigenvalue weighted by molar-refractivity contribution is 0.463. The fourth-order valence-corrected chi connectivity index (χ4v) is 2.59. The maximum atomic E-state index is 5.75. The molecule has 2 aromatic heterocycles. The van der Waals surface area contributed by atoms with Gasteiger partial charge in [-0.2, -0.15) is 0 Å². The first kappa shape index (κ1) is 11.9. The van der Waals surface area contributed by atoms with E-state index >= 15 is 0 Å². The molecular weight excluding hydrogens is 254 g/mol. The molecule has 0 aliphatic carbocycles. The Morgan fingerprint density at radius 3 is 2.53 bits per heavy atom. The van der Waals surface area contributed by atoms with Gasteiger partial charge in [0.1, 0.15) is 5.75 Å². The van der Waals surface area contributed by atoms with E-state index in [1.165, 1.54) is 10.4 Å². The lowest BCUT2D eigenvalue weighted by atomic mass is 10.2. The van der Waals surface area contributed by atoms with E-state index in [2.05, 4.69) is 23.4 Å². The minimum Gasteiger partial charge on any atom is -0.439 e. The number of aryl methyl sites for hydroxylation is 1. The van der Waals surface area contributed by atoms with E-state index < -0.39 is 0 Å². The Morgan fingerprint density at radius 2 is 1.79 bits per heavy atom. The molecule has 0 bridgehead atoms. The molecule has 3 aromatic rings. The van der Waals surface area contributed by atoms with E-state index in [1.807, 2.05) is 48.5 Å². The van der Waals surface area contributed by atoms with Crippen molar-refractivity contribution in [2.75, 3.05) is 0 Å². The number of hydrogen-bond donors (Lipinski definition) is 0. The Hall–Kier alpha value is -2.13. The van der Waals surface area contributed by atoms with Crippen molar-refractivity contribution in [3.8, 4) is 22.9 Å². The Bertz CT molecular complexity index is 676. The van der Waals surface area contributed by atoms with Crippen LogP contribution in [0.15, 0.2) is 60.0 Å². The van der Waals surface area contributed by atoms with Gasteiger partial charge in [0, 0.05) is 16.5 Å². The highest BCUT2D eigenvalue weighted by Crippen LogP contribution is 2.28. The molecule has 3 heteroatoms. The van der Waals surface area contributed by atoms with Gasteiger partial charge >= 0.3 is 0 Å². The van der Waals surface area contributed by atoms with Gasteiger partial charge in [-0.15, -0.1) is 11.3 Å². The molecule has 0 saturated carbocycles. The molecule has 0 amide bonds. The van der Waals surface area contributed by atoms with E-state index in [-0.39, 0.29) is 0 Å². The van der Waals surface area contributed by atoms with Crippen molar-refractivity contribution >= 4 is 11.3 Å². The van der Waals surface area contributed by atoms with E-state index in [0.29, 0.717) is 5.88 Å². The number of pyridine rings is 1. The fraction of sp³-hybridized carbons (Fsp3) is 0.0625. The zero-order valence-corrected chi connectivity index (χ0v) is 11.4. The van der Waals surface area contributed by atoms with Crippen molar-refractivity contribution in [3.05, 3.63) is 64.9 Å². The summed E-state index contributed by atoms with van der Waals surface area (Å²) in [6.07, 6.45) is 0. The minimum atomic E-state index is 0.620. The molecule has 19 heavy (non-hydrogen) atoms. The normalized spacial score (nSPS) is 10.4. The lowest BCUT2D eigenvalue weighted by Crippen LogP contribution is -1.89. The average molecular weight is 267 g/mol. The summed E-state index contributed by atoms with van der Waals surface area (Å²) in [5.74, 6) is 1.42. The van der Waals surface area contributed by atoms with Gasteiger partial charge < -0.3 is 4.74 Å². The third-order valence-corrected chi connectivity index (χ3v) is 3.67. The maximum absolute atomic E-state index is 5.75. The summed E-state index contributed by atoms with van der Waals surface area (Å²) in [6.45, 7) is 2.10. The number of hydrogen-bond acceptors (Lipinski definition) is 3. The van der Waals surface area contributed by atoms with Crippen LogP contribution in [0.25, 0.3) is 11.3 Å². The molecule has 0 fully saturated rings. The van der Waals surface area contributed by atoms with Crippen LogP contribution in [-0.2, 0) is 0 Å². The number of aromatic nitrogens is 1. The van der Waals surface area contributed by atoms with Crippen LogP contribution in [0, 0.1) is 6.92 Å². The first-order chi connectivity index (χ1) is 9.33. The van der Waals surface area contributed by atoms with Gasteiger partial charge in [0.25, 0.3) is 0 Å². The number of rotatable bonds is 3. The maximum Gasteiger partial charge on any atom is 0.219 e. The van der Waals surface area contributed by atoms with Crippen molar-refractivity contribution in [3.63, 3.8) is 0 Å². The number of nitrogens with zero attached hydrogens (tertiary/aromatic N) is 1. The molecule has 0 atom stereocenters. The van der Waals surface area contributed by atoms with Gasteiger partial charge in [-0.25, -0.2) is 4.98 Å². The van der Waals surface area contributed by atoms with Crippen LogP contribution < -0.4 is 4.74 Å². The SMILES string of the molecule is Cc1sccc1-c1cccc(Oc2ccccc2)n1. The first-order valence-corrected chi connectivity index (χ1v) is 6.95. The number of benzene rings is 1. The molecule has 94 valence electrons. The summed E-state index contributed by atoms with van der Waals surface area (Å²) in [5.41, 5.74) is 2.12. The Balaban J connectivity index is 1.91. The van der Waals surface area contributed by atoms with Crippen LogP contribution in [0.1, 0.15) is 4.88 Å². The molecule has 0 unspecified atom stereocenters. The Morgan fingerprint density at radius 1 is 0.947 bits per heavy atom. The lowest BCUT2D eigenvalue weighted by Gasteiger charge is -2.06. The summed E-state index contributed by atoms with van der Waals surface area (Å²) >= 11 is 1.73. The number of ether oxygens (including phenoxy) is 1. The Labute approximate surface area is 116 Å². The second kappa shape index (κ2) is 5.24. The second-order valence-corrected chi connectivity index (χ2v) is 5.29. The molecule has 2 nitrogen and oxygen atoms in total. The fourth-order valence-electron chi connectivity index (χ4n) is 1.88. The smallest absolute Gasteiger partial charge is 0.219 e. The predicted molar refractivity (Wildman–Crippen MR) is 78.8 cm³/mol. The van der Waals surface area contributed by atoms with Gasteiger partial charge in [0.2, 0.25) is 5.88 Å². The van der Waals surface area contributed by atoms with Crippen LogP contribution in [0.3, 0.4) is 0 Å². The van der Waals surface area contributed by atoms with Crippen molar-refractivity contribution in [2.24, 2.45) is 0 Å². The van der Waals surface area contributed by atoms with E-state index in [4.69, 9.17) is 4.74 Å². The van der Waals surface area contributed by atoms with E-state index in [0.717, 1.165) is 11.4 Å². The summed E-state index contributed by atoms with van der Waals surface area (Å²) in [4.78, 5) is 5.82. The molecule has 0 saturated heterocycles. The van der Waals surface area contributed by atoms with Gasteiger partial charge in [0.15, 0.2) is 0 Å². The third kappa shape index (κ3) is 2.66. The first-order valence-electron chi connectivity index (χ1n) is 6.07. The van der Waals surface area contributed by atoms with Gasteiger partial charge in [0.05, 0.1) is 5.69 Å². The molecule has 0 radical (unpaired) electrons. The van der Waals surface area contributed by atoms with Crippen molar-refractivity contribution in [1.82, 2.24) is 4.98 Å².